The highest BCUT2D eigenvalue weighted by Gasteiger charge is 2.29. The number of hydrogen-bond donors (Lipinski definition) is 2. The average molecular weight is 172 g/mol. The van der Waals surface area contributed by atoms with Crippen LogP contribution in [-0.4, -0.2) is 25.3 Å². The monoisotopic (exact) mass is 172 g/mol. The summed E-state index contributed by atoms with van der Waals surface area (Å²) in [5.74, 6) is -0.244. The number of carbonyl (C=O) groups excluding carboxylic acids is 1. The Morgan fingerprint density at radius 1 is 1.67 bits per heavy atom. The van der Waals surface area contributed by atoms with E-state index >= 15 is 0 Å². The molecule has 70 valence electrons. The molecular formula is C8H16N2O2. The second-order valence-corrected chi connectivity index (χ2v) is 3.29. The molecule has 0 amide bonds. The molecule has 0 aromatic heterocycles. The zero-order valence-electron chi connectivity index (χ0n) is 7.43. The van der Waals surface area contributed by atoms with Gasteiger partial charge in [-0.15, -0.1) is 0 Å². The molecule has 1 aliphatic heterocycles. The van der Waals surface area contributed by atoms with Crippen LogP contribution in [0.4, 0.5) is 0 Å². The highest BCUT2D eigenvalue weighted by atomic mass is 16.5. The van der Waals surface area contributed by atoms with Crippen molar-refractivity contribution >= 4 is 5.97 Å². The van der Waals surface area contributed by atoms with E-state index in [0.29, 0.717) is 0 Å². The fraction of sp³-hybridized carbons (Fsp3) is 0.875. The molecule has 3 N–H and O–H groups in total. The molecule has 1 fully saturated rings. The molecule has 1 rings (SSSR count). The van der Waals surface area contributed by atoms with Crippen LogP contribution < -0.4 is 11.1 Å². The van der Waals surface area contributed by atoms with E-state index in [1.54, 1.807) is 0 Å². The third-order valence-electron chi connectivity index (χ3n) is 2.21. The molecule has 0 saturated carbocycles. The maximum absolute atomic E-state index is 10.9. The zero-order valence-corrected chi connectivity index (χ0v) is 7.43. The fourth-order valence-corrected chi connectivity index (χ4v) is 1.47. The maximum atomic E-state index is 10.9. The Hall–Kier alpha value is -0.610. The SMILES string of the molecule is COC(=O)CC1(N)CCCCN1. The Labute approximate surface area is 72.5 Å². The summed E-state index contributed by atoms with van der Waals surface area (Å²) in [4.78, 5) is 10.9. The van der Waals surface area contributed by atoms with Gasteiger partial charge in [-0.2, -0.15) is 0 Å². The Morgan fingerprint density at radius 2 is 2.42 bits per heavy atom. The van der Waals surface area contributed by atoms with Gasteiger partial charge in [0.1, 0.15) is 0 Å². The van der Waals surface area contributed by atoms with E-state index in [-0.39, 0.29) is 12.4 Å². The normalized spacial score (nSPS) is 29.8. The van der Waals surface area contributed by atoms with Gasteiger partial charge < -0.3 is 10.5 Å². The van der Waals surface area contributed by atoms with Gasteiger partial charge in [-0.3, -0.25) is 10.1 Å². The van der Waals surface area contributed by atoms with Gasteiger partial charge in [-0.25, -0.2) is 0 Å². The van der Waals surface area contributed by atoms with Crippen LogP contribution in [0.25, 0.3) is 0 Å². The molecule has 1 saturated heterocycles. The van der Waals surface area contributed by atoms with Crippen LogP contribution in [0.15, 0.2) is 0 Å². The summed E-state index contributed by atoms with van der Waals surface area (Å²) in [5, 5.41) is 3.14. The summed E-state index contributed by atoms with van der Waals surface area (Å²) in [6, 6.07) is 0. The van der Waals surface area contributed by atoms with Crippen molar-refractivity contribution in [3.63, 3.8) is 0 Å². The molecule has 4 nitrogen and oxygen atoms in total. The van der Waals surface area contributed by atoms with E-state index in [1.807, 2.05) is 0 Å². The Kier molecular flexibility index (Phi) is 3.05. The summed E-state index contributed by atoms with van der Waals surface area (Å²) < 4.78 is 4.56. The first-order valence-corrected chi connectivity index (χ1v) is 4.27. The predicted octanol–water partition coefficient (Wildman–Crippen LogP) is -0.0220. The Balaban J connectivity index is 2.41. The van der Waals surface area contributed by atoms with Gasteiger partial charge in [-0.1, -0.05) is 0 Å². The lowest BCUT2D eigenvalue weighted by molar-refractivity contribution is -0.142. The molecule has 0 aliphatic carbocycles. The van der Waals surface area contributed by atoms with Gasteiger partial charge in [-0.05, 0) is 25.8 Å². The summed E-state index contributed by atoms with van der Waals surface area (Å²) in [7, 11) is 1.38. The first kappa shape index (κ1) is 9.48. The lowest BCUT2D eigenvalue weighted by Gasteiger charge is -2.33. The molecule has 0 radical (unpaired) electrons. The third kappa shape index (κ3) is 2.46. The first-order chi connectivity index (χ1) is 5.66. The van der Waals surface area contributed by atoms with Gasteiger partial charge in [0.05, 0.1) is 19.2 Å². The second kappa shape index (κ2) is 3.87. The molecule has 0 aromatic carbocycles. The van der Waals surface area contributed by atoms with Crippen molar-refractivity contribution in [1.29, 1.82) is 0 Å². The van der Waals surface area contributed by atoms with Crippen molar-refractivity contribution in [2.24, 2.45) is 5.73 Å². The van der Waals surface area contributed by atoms with Crippen molar-refractivity contribution in [1.82, 2.24) is 5.32 Å². The van der Waals surface area contributed by atoms with Crippen molar-refractivity contribution < 1.29 is 9.53 Å². The molecule has 12 heavy (non-hydrogen) atoms. The molecule has 1 unspecified atom stereocenters. The number of carbonyl (C=O) groups is 1. The number of nitrogens with two attached hydrogens (primary N) is 1. The topological polar surface area (TPSA) is 64.3 Å². The molecule has 4 heteroatoms. The second-order valence-electron chi connectivity index (χ2n) is 3.29. The van der Waals surface area contributed by atoms with E-state index in [1.165, 1.54) is 7.11 Å². The highest BCUT2D eigenvalue weighted by Crippen LogP contribution is 2.17. The summed E-state index contributed by atoms with van der Waals surface area (Å²) in [6.45, 7) is 0.896. The van der Waals surface area contributed by atoms with E-state index in [2.05, 4.69) is 10.1 Å². The lowest BCUT2D eigenvalue weighted by Crippen LogP contribution is -2.57. The Bertz CT molecular complexity index is 164. The van der Waals surface area contributed by atoms with E-state index in [0.717, 1.165) is 25.8 Å². The predicted molar refractivity (Wildman–Crippen MR) is 45.4 cm³/mol. The smallest absolute Gasteiger partial charge is 0.308 e. The van der Waals surface area contributed by atoms with E-state index < -0.39 is 5.66 Å². The summed E-state index contributed by atoms with van der Waals surface area (Å²) >= 11 is 0. The van der Waals surface area contributed by atoms with Crippen LogP contribution in [0.5, 0.6) is 0 Å². The van der Waals surface area contributed by atoms with Crippen molar-refractivity contribution in [2.45, 2.75) is 31.3 Å². The minimum atomic E-state index is -0.522. The summed E-state index contributed by atoms with van der Waals surface area (Å²) in [5.41, 5.74) is 5.40. The molecule has 1 heterocycles. The standard InChI is InChI=1S/C8H16N2O2/c1-12-7(11)6-8(9)4-2-3-5-10-8/h10H,2-6,9H2,1H3. The van der Waals surface area contributed by atoms with Gasteiger partial charge in [0.2, 0.25) is 0 Å². The van der Waals surface area contributed by atoms with E-state index in [4.69, 9.17) is 5.73 Å². The lowest BCUT2D eigenvalue weighted by atomic mass is 9.95. The van der Waals surface area contributed by atoms with Gasteiger partial charge in [0.15, 0.2) is 0 Å². The van der Waals surface area contributed by atoms with Gasteiger partial charge in [0.25, 0.3) is 0 Å². The number of nitrogens with one attached hydrogen (secondary N) is 1. The molecule has 0 spiro atoms. The molecule has 1 aliphatic rings. The van der Waals surface area contributed by atoms with Crippen molar-refractivity contribution in [3.05, 3.63) is 0 Å². The molecule has 0 bridgehead atoms. The highest BCUT2D eigenvalue weighted by molar-refractivity contribution is 5.70. The Morgan fingerprint density at radius 3 is 2.92 bits per heavy atom. The average Bonchev–Trinajstić information content (AvgIpc) is 2.05. The van der Waals surface area contributed by atoms with Crippen LogP contribution in [0.3, 0.4) is 0 Å². The summed E-state index contributed by atoms with van der Waals surface area (Å²) in [6.07, 6.45) is 3.34. The first-order valence-electron chi connectivity index (χ1n) is 4.27. The maximum Gasteiger partial charge on any atom is 0.308 e. The van der Waals surface area contributed by atoms with Crippen LogP contribution in [0.2, 0.25) is 0 Å². The van der Waals surface area contributed by atoms with Crippen LogP contribution in [-0.2, 0) is 9.53 Å². The molecule has 0 aromatic rings. The van der Waals surface area contributed by atoms with Crippen molar-refractivity contribution in [2.75, 3.05) is 13.7 Å². The van der Waals surface area contributed by atoms with Crippen LogP contribution in [0, 0.1) is 0 Å². The number of hydrogen-bond acceptors (Lipinski definition) is 4. The fourth-order valence-electron chi connectivity index (χ4n) is 1.47. The number of esters is 1. The zero-order chi connectivity index (χ0) is 9.03. The minimum Gasteiger partial charge on any atom is -0.469 e. The third-order valence-corrected chi connectivity index (χ3v) is 2.21. The van der Waals surface area contributed by atoms with Gasteiger partial charge >= 0.3 is 5.97 Å². The number of methoxy groups -OCH3 is 1. The number of ether oxygens (including phenoxy) is 1. The van der Waals surface area contributed by atoms with Gasteiger partial charge in [0, 0.05) is 0 Å². The molecule has 1 atom stereocenters. The quantitative estimate of drug-likeness (QED) is 0.574. The number of piperidine rings is 1. The number of rotatable bonds is 2. The van der Waals surface area contributed by atoms with Crippen molar-refractivity contribution in [3.8, 4) is 0 Å². The molecular weight excluding hydrogens is 156 g/mol. The van der Waals surface area contributed by atoms with Crippen LogP contribution in [0.1, 0.15) is 25.7 Å². The minimum absolute atomic E-state index is 0.244. The largest absolute Gasteiger partial charge is 0.469 e. The van der Waals surface area contributed by atoms with Crippen LogP contribution >= 0.6 is 0 Å². The van der Waals surface area contributed by atoms with E-state index in [9.17, 15) is 4.79 Å².